The fourth-order valence-corrected chi connectivity index (χ4v) is 3.35. The van der Waals surface area contributed by atoms with E-state index in [1.165, 1.54) is 11.1 Å². The number of nitrogens with one attached hydrogen (secondary N) is 1. The summed E-state index contributed by atoms with van der Waals surface area (Å²) in [5.41, 5.74) is 2.53. The van der Waals surface area contributed by atoms with Gasteiger partial charge < -0.3 is 15.0 Å². The monoisotopic (exact) mass is 322 g/mol. The second-order valence-corrected chi connectivity index (χ2v) is 7.00. The molecule has 0 aromatic heterocycles. The number of carbonyl (C=O) groups excluding carboxylic acids is 1. The third kappa shape index (κ3) is 5.63. The fourth-order valence-electron chi connectivity index (χ4n) is 2.57. The number of thioether (sulfide) groups is 1. The van der Waals surface area contributed by atoms with Crippen LogP contribution in [0.2, 0.25) is 0 Å². The van der Waals surface area contributed by atoms with Crippen LogP contribution in [0.3, 0.4) is 0 Å². The van der Waals surface area contributed by atoms with Crippen LogP contribution in [-0.4, -0.2) is 55.4 Å². The van der Waals surface area contributed by atoms with Crippen LogP contribution in [0.5, 0.6) is 0 Å². The largest absolute Gasteiger partial charge is 0.373 e. The summed E-state index contributed by atoms with van der Waals surface area (Å²) in [5, 5.41) is 3.06. The molecular weight excluding hydrogens is 296 g/mol. The van der Waals surface area contributed by atoms with Gasteiger partial charge in [-0.3, -0.25) is 4.79 Å². The van der Waals surface area contributed by atoms with Crippen LogP contribution in [0.1, 0.15) is 18.1 Å². The van der Waals surface area contributed by atoms with Crippen molar-refractivity contribution in [1.29, 1.82) is 0 Å². The maximum absolute atomic E-state index is 12.0. The number of likely N-dealkylation sites (N-methyl/N-ethyl adjacent to an activating group) is 1. The highest BCUT2D eigenvalue weighted by atomic mass is 32.2. The van der Waals surface area contributed by atoms with E-state index in [9.17, 15) is 4.79 Å². The molecule has 0 unspecified atom stereocenters. The lowest BCUT2D eigenvalue weighted by Crippen LogP contribution is -2.51. The first-order chi connectivity index (χ1) is 10.5. The van der Waals surface area contributed by atoms with Crippen LogP contribution < -0.4 is 5.32 Å². The fraction of sp³-hybridized carbons (Fsp3) is 0.588. The van der Waals surface area contributed by atoms with Crippen molar-refractivity contribution in [3.8, 4) is 0 Å². The Kier molecular flexibility index (Phi) is 6.73. The van der Waals surface area contributed by atoms with Crippen LogP contribution in [0.25, 0.3) is 0 Å². The first-order valence-electron chi connectivity index (χ1n) is 7.77. The summed E-state index contributed by atoms with van der Waals surface area (Å²) >= 11 is 1.65. The summed E-state index contributed by atoms with van der Waals surface area (Å²) in [4.78, 5) is 14.3. The van der Waals surface area contributed by atoms with Crippen molar-refractivity contribution in [2.75, 3.05) is 32.5 Å². The van der Waals surface area contributed by atoms with Crippen LogP contribution in [-0.2, 0) is 15.3 Å². The van der Waals surface area contributed by atoms with Crippen LogP contribution >= 0.6 is 11.8 Å². The average molecular weight is 322 g/mol. The number of benzene rings is 1. The standard InChI is InChI=1S/C17H26N2O2S/c1-13-5-4-6-15(9-13)11-22-12-17(20)18-14(2)16-10-19(3)7-8-21-16/h4-6,9,14,16H,7-8,10-12H2,1-3H3,(H,18,20)/t14-,16+/m0/s1. The van der Waals surface area contributed by atoms with Gasteiger partial charge in [0, 0.05) is 18.8 Å². The molecule has 1 fully saturated rings. The molecule has 5 heteroatoms. The van der Waals surface area contributed by atoms with Gasteiger partial charge in [0.2, 0.25) is 5.91 Å². The summed E-state index contributed by atoms with van der Waals surface area (Å²) in [7, 11) is 2.09. The second kappa shape index (κ2) is 8.56. The van der Waals surface area contributed by atoms with Crippen molar-refractivity contribution < 1.29 is 9.53 Å². The lowest BCUT2D eigenvalue weighted by molar-refractivity contribution is -0.121. The number of ether oxygens (including phenoxy) is 1. The zero-order chi connectivity index (χ0) is 15.9. The highest BCUT2D eigenvalue weighted by Crippen LogP contribution is 2.13. The van der Waals surface area contributed by atoms with Crippen molar-refractivity contribution >= 4 is 17.7 Å². The van der Waals surface area contributed by atoms with E-state index in [1.54, 1.807) is 11.8 Å². The van der Waals surface area contributed by atoms with Crippen molar-refractivity contribution in [2.24, 2.45) is 0 Å². The van der Waals surface area contributed by atoms with E-state index in [4.69, 9.17) is 4.74 Å². The maximum atomic E-state index is 12.0. The Morgan fingerprint density at radius 1 is 1.55 bits per heavy atom. The lowest BCUT2D eigenvalue weighted by atomic mass is 10.1. The van der Waals surface area contributed by atoms with E-state index in [0.717, 1.165) is 25.4 Å². The highest BCUT2D eigenvalue weighted by molar-refractivity contribution is 7.99. The van der Waals surface area contributed by atoms with E-state index >= 15 is 0 Å². The Bertz CT molecular complexity index is 495. The molecule has 1 saturated heterocycles. The van der Waals surface area contributed by atoms with E-state index in [2.05, 4.69) is 48.5 Å². The van der Waals surface area contributed by atoms with Crippen LogP contribution in [0.4, 0.5) is 0 Å². The zero-order valence-electron chi connectivity index (χ0n) is 13.7. The Balaban J connectivity index is 1.69. The van der Waals surface area contributed by atoms with Gasteiger partial charge in [-0.05, 0) is 26.5 Å². The molecule has 1 aliphatic heterocycles. The van der Waals surface area contributed by atoms with Crippen LogP contribution in [0, 0.1) is 6.92 Å². The van der Waals surface area contributed by atoms with Crippen molar-refractivity contribution in [2.45, 2.75) is 31.7 Å². The summed E-state index contributed by atoms with van der Waals surface area (Å²) in [6.07, 6.45) is 0.0875. The van der Waals surface area contributed by atoms with Gasteiger partial charge in [0.15, 0.2) is 0 Å². The molecule has 0 spiro atoms. The first-order valence-corrected chi connectivity index (χ1v) is 8.93. The molecule has 122 valence electrons. The van der Waals surface area contributed by atoms with Gasteiger partial charge in [-0.1, -0.05) is 29.8 Å². The molecule has 1 aromatic rings. The SMILES string of the molecule is Cc1cccc(CSCC(=O)N[C@@H](C)[C@H]2CN(C)CCO2)c1. The minimum atomic E-state index is 0.0508. The number of hydrogen-bond acceptors (Lipinski definition) is 4. The second-order valence-electron chi connectivity index (χ2n) is 6.01. The number of nitrogens with zero attached hydrogens (tertiary/aromatic N) is 1. The molecule has 4 nitrogen and oxygen atoms in total. The van der Waals surface area contributed by atoms with E-state index < -0.39 is 0 Å². The van der Waals surface area contributed by atoms with Gasteiger partial charge in [-0.25, -0.2) is 0 Å². The topological polar surface area (TPSA) is 41.6 Å². The number of carbonyl (C=O) groups is 1. The maximum Gasteiger partial charge on any atom is 0.230 e. The third-order valence-electron chi connectivity index (χ3n) is 3.83. The normalized spacial score (nSPS) is 20.6. The third-order valence-corrected chi connectivity index (χ3v) is 4.83. The molecule has 0 bridgehead atoms. The predicted molar refractivity (Wildman–Crippen MR) is 92.2 cm³/mol. The van der Waals surface area contributed by atoms with Crippen molar-refractivity contribution in [1.82, 2.24) is 10.2 Å². The number of aryl methyl sites for hydroxylation is 1. The smallest absolute Gasteiger partial charge is 0.230 e. The van der Waals surface area contributed by atoms with Gasteiger partial charge >= 0.3 is 0 Å². The number of morpholine rings is 1. The Morgan fingerprint density at radius 3 is 3.09 bits per heavy atom. The average Bonchev–Trinajstić information content (AvgIpc) is 2.47. The quantitative estimate of drug-likeness (QED) is 0.870. The van der Waals surface area contributed by atoms with Crippen molar-refractivity contribution in [3.63, 3.8) is 0 Å². The van der Waals surface area contributed by atoms with Gasteiger partial charge in [-0.15, -0.1) is 11.8 Å². The summed E-state index contributed by atoms with van der Waals surface area (Å²) in [5.74, 6) is 1.44. The minimum Gasteiger partial charge on any atom is -0.373 e. The molecule has 1 aliphatic rings. The Labute approximate surface area is 137 Å². The summed E-state index contributed by atoms with van der Waals surface area (Å²) < 4.78 is 5.73. The van der Waals surface area contributed by atoms with Gasteiger partial charge in [0.05, 0.1) is 24.5 Å². The molecule has 0 saturated carbocycles. The minimum absolute atomic E-state index is 0.0508. The Morgan fingerprint density at radius 2 is 2.36 bits per heavy atom. The number of rotatable bonds is 6. The highest BCUT2D eigenvalue weighted by Gasteiger charge is 2.24. The van der Waals surface area contributed by atoms with E-state index in [0.29, 0.717) is 5.75 Å². The van der Waals surface area contributed by atoms with E-state index in [1.807, 2.05) is 6.92 Å². The predicted octanol–water partition coefficient (Wildman–Crippen LogP) is 2.06. The van der Waals surface area contributed by atoms with Crippen LogP contribution in [0.15, 0.2) is 24.3 Å². The van der Waals surface area contributed by atoms with Gasteiger partial charge in [-0.2, -0.15) is 0 Å². The molecule has 0 radical (unpaired) electrons. The molecular formula is C17H26N2O2S. The molecule has 1 heterocycles. The van der Waals surface area contributed by atoms with Gasteiger partial charge in [0.1, 0.15) is 0 Å². The molecule has 2 rings (SSSR count). The van der Waals surface area contributed by atoms with Crippen molar-refractivity contribution in [3.05, 3.63) is 35.4 Å². The first kappa shape index (κ1) is 17.3. The number of hydrogen-bond donors (Lipinski definition) is 1. The molecule has 1 aromatic carbocycles. The van der Waals surface area contributed by atoms with Gasteiger partial charge in [0.25, 0.3) is 0 Å². The summed E-state index contributed by atoms with van der Waals surface area (Å²) in [6.45, 7) is 6.68. The number of amides is 1. The lowest BCUT2D eigenvalue weighted by Gasteiger charge is -2.33. The molecule has 0 aliphatic carbocycles. The zero-order valence-corrected chi connectivity index (χ0v) is 14.5. The summed E-state index contributed by atoms with van der Waals surface area (Å²) in [6, 6.07) is 8.47. The molecule has 1 amide bonds. The molecule has 1 N–H and O–H groups in total. The molecule has 22 heavy (non-hydrogen) atoms. The molecule has 2 atom stereocenters. The van der Waals surface area contributed by atoms with E-state index in [-0.39, 0.29) is 18.1 Å². The Hall–Kier alpha value is -1.04.